The van der Waals surface area contributed by atoms with Gasteiger partial charge in [0.05, 0.1) is 11.1 Å². The summed E-state index contributed by atoms with van der Waals surface area (Å²) in [5, 5.41) is 0.988. The van der Waals surface area contributed by atoms with Gasteiger partial charge in [-0.2, -0.15) is 13.2 Å². The highest BCUT2D eigenvalue weighted by molar-refractivity contribution is 5.89. The lowest BCUT2D eigenvalue weighted by Crippen LogP contribution is -2.47. The van der Waals surface area contributed by atoms with Crippen LogP contribution in [0.2, 0.25) is 0 Å². The first kappa shape index (κ1) is 16.6. The normalized spacial score (nSPS) is 15.5. The van der Waals surface area contributed by atoms with Gasteiger partial charge in [0.2, 0.25) is 0 Å². The van der Waals surface area contributed by atoms with E-state index in [0.717, 1.165) is 22.8 Å². The number of fused-ring (bicyclic) bond motifs is 1. The fourth-order valence-corrected chi connectivity index (χ4v) is 3.30. The number of para-hydroxylation sites is 1. The molecule has 0 bridgehead atoms. The van der Waals surface area contributed by atoms with Crippen LogP contribution in [-0.4, -0.2) is 36.1 Å². The second-order valence-corrected chi connectivity index (χ2v) is 6.24. The molecule has 0 N–H and O–H groups in total. The number of hydrogen-bond acceptors (Lipinski definition) is 4. The molecule has 2 heterocycles. The number of rotatable bonds is 2. The lowest BCUT2D eigenvalue weighted by atomic mass is 10.1. The molecule has 0 radical (unpaired) electrons. The Labute approximate surface area is 148 Å². The van der Waals surface area contributed by atoms with Gasteiger partial charge in [-0.25, -0.2) is 9.97 Å². The van der Waals surface area contributed by atoms with E-state index >= 15 is 0 Å². The molecule has 0 amide bonds. The molecule has 0 atom stereocenters. The van der Waals surface area contributed by atoms with E-state index in [1.807, 2.05) is 29.2 Å². The number of benzene rings is 2. The highest BCUT2D eigenvalue weighted by Crippen LogP contribution is 2.32. The molecular weight excluding hydrogens is 341 g/mol. The molecule has 3 aromatic rings. The first-order chi connectivity index (χ1) is 12.5. The lowest BCUT2D eigenvalue weighted by Gasteiger charge is -2.37. The monoisotopic (exact) mass is 358 g/mol. The Hall–Kier alpha value is -2.83. The fourth-order valence-electron chi connectivity index (χ4n) is 3.30. The average molecular weight is 358 g/mol. The molecule has 2 aromatic carbocycles. The Morgan fingerprint density at radius 3 is 2.31 bits per heavy atom. The molecule has 134 valence electrons. The molecule has 1 aliphatic rings. The SMILES string of the molecule is FC(F)(F)c1cccc(N2CCN(c3ncnc4ccccc34)CC2)c1. The third-order valence-corrected chi connectivity index (χ3v) is 4.64. The molecule has 26 heavy (non-hydrogen) atoms. The van der Waals surface area contributed by atoms with Gasteiger partial charge in [-0.15, -0.1) is 0 Å². The summed E-state index contributed by atoms with van der Waals surface area (Å²) in [5.74, 6) is 0.874. The molecule has 7 heteroatoms. The predicted octanol–water partition coefficient (Wildman–Crippen LogP) is 3.98. The zero-order valence-electron chi connectivity index (χ0n) is 13.9. The Morgan fingerprint density at radius 2 is 1.54 bits per heavy atom. The number of nitrogens with zero attached hydrogens (tertiary/aromatic N) is 4. The zero-order valence-corrected chi connectivity index (χ0v) is 13.9. The minimum atomic E-state index is -4.32. The molecule has 0 unspecified atom stereocenters. The minimum absolute atomic E-state index is 0.604. The molecule has 1 fully saturated rings. The molecular formula is C19H17F3N4. The molecule has 0 saturated carbocycles. The fraction of sp³-hybridized carbons (Fsp3) is 0.263. The van der Waals surface area contributed by atoms with Gasteiger partial charge >= 0.3 is 6.18 Å². The third-order valence-electron chi connectivity index (χ3n) is 4.64. The maximum Gasteiger partial charge on any atom is 0.416 e. The van der Waals surface area contributed by atoms with Crippen LogP contribution in [-0.2, 0) is 6.18 Å². The van der Waals surface area contributed by atoms with Crippen molar-refractivity contribution >= 4 is 22.4 Å². The molecule has 1 aromatic heterocycles. The smallest absolute Gasteiger partial charge is 0.368 e. The van der Waals surface area contributed by atoms with Crippen LogP contribution < -0.4 is 9.80 Å². The topological polar surface area (TPSA) is 32.3 Å². The van der Waals surface area contributed by atoms with Crippen molar-refractivity contribution in [2.45, 2.75) is 6.18 Å². The van der Waals surface area contributed by atoms with Crippen molar-refractivity contribution in [3.63, 3.8) is 0 Å². The summed E-state index contributed by atoms with van der Waals surface area (Å²) < 4.78 is 38.8. The van der Waals surface area contributed by atoms with E-state index in [2.05, 4.69) is 14.9 Å². The second kappa shape index (κ2) is 6.48. The summed E-state index contributed by atoms with van der Waals surface area (Å²) >= 11 is 0. The Kier molecular flexibility index (Phi) is 4.14. The van der Waals surface area contributed by atoms with Crippen molar-refractivity contribution in [1.82, 2.24) is 9.97 Å². The van der Waals surface area contributed by atoms with Crippen LogP contribution in [0, 0.1) is 0 Å². The number of halogens is 3. The van der Waals surface area contributed by atoms with Crippen molar-refractivity contribution < 1.29 is 13.2 Å². The van der Waals surface area contributed by atoms with Crippen molar-refractivity contribution in [2.24, 2.45) is 0 Å². The highest BCUT2D eigenvalue weighted by atomic mass is 19.4. The van der Waals surface area contributed by atoms with E-state index in [-0.39, 0.29) is 0 Å². The molecule has 0 spiro atoms. The predicted molar refractivity (Wildman–Crippen MR) is 95.4 cm³/mol. The number of alkyl halides is 3. The first-order valence-corrected chi connectivity index (χ1v) is 8.39. The van der Waals surface area contributed by atoms with E-state index in [0.29, 0.717) is 31.9 Å². The molecule has 1 saturated heterocycles. The Bertz CT molecular complexity index is 913. The van der Waals surface area contributed by atoms with Gasteiger partial charge < -0.3 is 9.80 Å². The summed E-state index contributed by atoms with van der Waals surface area (Å²) in [6.07, 6.45) is -2.77. The van der Waals surface area contributed by atoms with Gasteiger partial charge in [-0.05, 0) is 30.3 Å². The summed E-state index contributed by atoms with van der Waals surface area (Å²) in [5.41, 5.74) is 0.879. The van der Waals surface area contributed by atoms with Crippen molar-refractivity contribution in [3.05, 3.63) is 60.4 Å². The van der Waals surface area contributed by atoms with Crippen LogP contribution >= 0.6 is 0 Å². The van der Waals surface area contributed by atoms with Gasteiger partial charge in [0.25, 0.3) is 0 Å². The molecule has 4 rings (SSSR count). The van der Waals surface area contributed by atoms with Crippen LogP contribution in [0.5, 0.6) is 0 Å². The third kappa shape index (κ3) is 3.16. The highest BCUT2D eigenvalue weighted by Gasteiger charge is 2.31. The maximum absolute atomic E-state index is 12.9. The van der Waals surface area contributed by atoms with Gasteiger partial charge in [0.15, 0.2) is 0 Å². The largest absolute Gasteiger partial charge is 0.416 e. The van der Waals surface area contributed by atoms with Gasteiger partial charge in [0.1, 0.15) is 12.1 Å². The van der Waals surface area contributed by atoms with E-state index < -0.39 is 11.7 Å². The zero-order chi connectivity index (χ0) is 18.1. The first-order valence-electron chi connectivity index (χ1n) is 8.39. The van der Waals surface area contributed by atoms with Crippen molar-refractivity contribution in [2.75, 3.05) is 36.0 Å². The number of anilines is 2. The number of aromatic nitrogens is 2. The van der Waals surface area contributed by atoms with Crippen molar-refractivity contribution in [3.8, 4) is 0 Å². The second-order valence-electron chi connectivity index (χ2n) is 6.24. The Morgan fingerprint density at radius 1 is 0.808 bits per heavy atom. The van der Waals surface area contributed by atoms with Crippen LogP contribution in [0.3, 0.4) is 0 Å². The summed E-state index contributed by atoms with van der Waals surface area (Å²) in [7, 11) is 0. The van der Waals surface area contributed by atoms with Gasteiger partial charge in [-0.3, -0.25) is 0 Å². The average Bonchev–Trinajstić information content (AvgIpc) is 2.67. The van der Waals surface area contributed by atoms with E-state index in [9.17, 15) is 13.2 Å². The standard InChI is InChI=1S/C19H17F3N4/c20-19(21,22)14-4-3-5-15(12-14)25-8-10-26(11-9-25)18-16-6-1-2-7-17(16)23-13-24-18/h1-7,12-13H,8-11H2. The molecule has 1 aliphatic heterocycles. The number of piperazine rings is 1. The summed E-state index contributed by atoms with van der Waals surface area (Å²) in [6, 6.07) is 13.3. The van der Waals surface area contributed by atoms with E-state index in [1.54, 1.807) is 12.4 Å². The Balaban J connectivity index is 1.53. The van der Waals surface area contributed by atoms with Crippen molar-refractivity contribution in [1.29, 1.82) is 0 Å². The van der Waals surface area contributed by atoms with Crippen LogP contribution in [0.1, 0.15) is 5.56 Å². The minimum Gasteiger partial charge on any atom is -0.368 e. The van der Waals surface area contributed by atoms with Gasteiger partial charge in [-0.1, -0.05) is 18.2 Å². The molecule has 0 aliphatic carbocycles. The lowest BCUT2D eigenvalue weighted by molar-refractivity contribution is -0.137. The van der Waals surface area contributed by atoms with Gasteiger partial charge in [0, 0.05) is 37.3 Å². The summed E-state index contributed by atoms with van der Waals surface area (Å²) in [6.45, 7) is 2.66. The summed E-state index contributed by atoms with van der Waals surface area (Å²) in [4.78, 5) is 12.8. The maximum atomic E-state index is 12.9. The number of hydrogen-bond donors (Lipinski definition) is 0. The quantitative estimate of drug-likeness (QED) is 0.694. The van der Waals surface area contributed by atoms with Crippen LogP contribution in [0.4, 0.5) is 24.7 Å². The van der Waals surface area contributed by atoms with E-state index in [1.165, 1.54) is 12.1 Å². The van der Waals surface area contributed by atoms with Crippen LogP contribution in [0.25, 0.3) is 10.9 Å². The molecule has 4 nitrogen and oxygen atoms in total. The van der Waals surface area contributed by atoms with E-state index in [4.69, 9.17) is 0 Å². The van der Waals surface area contributed by atoms with Crippen LogP contribution in [0.15, 0.2) is 54.9 Å².